The molecule has 2 saturated carbocycles. The molecular weight excluding hydrogens is 241 g/mol. The Bertz CT molecular complexity index is 444. The molecule has 1 aromatic heterocycles. The van der Waals surface area contributed by atoms with Crippen LogP contribution in [0.15, 0.2) is 6.07 Å². The molecule has 2 fully saturated rings. The Kier molecular flexibility index (Phi) is 2.92. The molecule has 0 radical (unpaired) electrons. The van der Waals surface area contributed by atoms with Gasteiger partial charge in [-0.25, -0.2) is 8.78 Å². The lowest BCUT2D eigenvalue weighted by molar-refractivity contribution is 0.424. The Morgan fingerprint density at radius 1 is 1.11 bits per heavy atom. The minimum absolute atomic E-state index is 0.180. The van der Waals surface area contributed by atoms with Crippen LogP contribution in [0.1, 0.15) is 25.7 Å². The highest BCUT2D eigenvalue weighted by molar-refractivity contribution is 5.36. The number of aromatic nitrogens is 1. The van der Waals surface area contributed by atoms with E-state index in [1.165, 1.54) is 25.7 Å². The van der Waals surface area contributed by atoms with Crippen LogP contribution in [0.4, 0.5) is 19.0 Å². The molecule has 2 aliphatic carbocycles. The number of anilines is 1. The number of rotatable bonds is 5. The summed E-state index contributed by atoms with van der Waals surface area (Å²) in [5.41, 5.74) is 0. The van der Waals surface area contributed by atoms with E-state index < -0.39 is 17.6 Å². The van der Waals surface area contributed by atoms with Crippen LogP contribution < -0.4 is 5.32 Å². The van der Waals surface area contributed by atoms with Crippen LogP contribution >= 0.6 is 0 Å². The van der Waals surface area contributed by atoms with Gasteiger partial charge in [0.15, 0.2) is 17.5 Å². The first-order valence-corrected chi connectivity index (χ1v) is 6.40. The maximum Gasteiger partial charge on any atom is 0.251 e. The van der Waals surface area contributed by atoms with Gasteiger partial charge in [-0.1, -0.05) is 0 Å². The number of nitrogens with one attached hydrogen (secondary N) is 1. The van der Waals surface area contributed by atoms with E-state index in [0.717, 1.165) is 11.8 Å². The van der Waals surface area contributed by atoms with Crippen molar-refractivity contribution in [3.63, 3.8) is 0 Å². The first-order valence-electron chi connectivity index (χ1n) is 6.40. The summed E-state index contributed by atoms with van der Waals surface area (Å²) < 4.78 is 39.0. The van der Waals surface area contributed by atoms with Gasteiger partial charge in [0, 0.05) is 12.6 Å². The van der Waals surface area contributed by atoms with E-state index in [0.29, 0.717) is 18.5 Å². The Morgan fingerprint density at radius 2 is 1.72 bits per heavy atom. The molecule has 3 rings (SSSR count). The molecule has 98 valence electrons. The van der Waals surface area contributed by atoms with Gasteiger partial charge in [0.1, 0.15) is 0 Å². The molecule has 18 heavy (non-hydrogen) atoms. The minimum Gasteiger partial charge on any atom is -0.367 e. The molecule has 0 unspecified atom stereocenters. The van der Waals surface area contributed by atoms with Crippen molar-refractivity contribution >= 4 is 5.82 Å². The van der Waals surface area contributed by atoms with Crippen molar-refractivity contribution in [1.82, 2.24) is 4.98 Å². The van der Waals surface area contributed by atoms with Gasteiger partial charge in [-0.3, -0.25) is 0 Å². The van der Waals surface area contributed by atoms with Crippen molar-refractivity contribution in [3.05, 3.63) is 23.6 Å². The summed E-state index contributed by atoms with van der Waals surface area (Å²) in [6, 6.07) is 0.536. The van der Waals surface area contributed by atoms with Crippen LogP contribution in [-0.4, -0.2) is 11.5 Å². The summed E-state index contributed by atoms with van der Waals surface area (Å²) >= 11 is 0. The van der Waals surface area contributed by atoms with Crippen molar-refractivity contribution in [3.8, 4) is 0 Å². The molecule has 0 amide bonds. The maximum atomic E-state index is 13.4. The van der Waals surface area contributed by atoms with Gasteiger partial charge in [-0.2, -0.15) is 9.37 Å². The fourth-order valence-electron chi connectivity index (χ4n) is 2.55. The Labute approximate surface area is 104 Å². The molecule has 1 aromatic rings. The summed E-state index contributed by atoms with van der Waals surface area (Å²) in [5, 5.41) is 2.83. The molecule has 0 aromatic carbocycles. The van der Waals surface area contributed by atoms with Gasteiger partial charge in [0.2, 0.25) is 0 Å². The maximum absolute atomic E-state index is 13.4. The van der Waals surface area contributed by atoms with Gasteiger partial charge >= 0.3 is 0 Å². The second kappa shape index (κ2) is 4.44. The number of hydrogen-bond donors (Lipinski definition) is 1. The molecule has 0 atom stereocenters. The number of halogens is 3. The first-order chi connectivity index (χ1) is 8.65. The predicted molar refractivity (Wildman–Crippen MR) is 61.5 cm³/mol. The molecule has 1 N–H and O–H groups in total. The molecule has 5 heteroatoms. The number of pyridine rings is 1. The van der Waals surface area contributed by atoms with Gasteiger partial charge < -0.3 is 5.32 Å². The summed E-state index contributed by atoms with van der Waals surface area (Å²) in [5.74, 6) is -1.55. The predicted octanol–water partition coefficient (Wildman–Crippen LogP) is 3.35. The highest BCUT2D eigenvalue weighted by Crippen LogP contribution is 2.49. The van der Waals surface area contributed by atoms with Gasteiger partial charge in [-0.15, -0.1) is 0 Å². The lowest BCUT2D eigenvalue weighted by Gasteiger charge is -2.16. The SMILES string of the molecule is Fc1cc(F)c(NCC(C2CC2)C2CC2)nc1F. The van der Waals surface area contributed by atoms with Crippen LogP contribution in [-0.2, 0) is 0 Å². The van der Waals surface area contributed by atoms with Gasteiger partial charge in [-0.05, 0) is 43.4 Å². The largest absolute Gasteiger partial charge is 0.367 e. The van der Waals surface area contributed by atoms with Crippen molar-refractivity contribution in [2.75, 3.05) is 11.9 Å². The van der Waals surface area contributed by atoms with Crippen molar-refractivity contribution in [2.45, 2.75) is 25.7 Å². The zero-order valence-corrected chi connectivity index (χ0v) is 9.93. The standard InChI is InChI=1S/C13H15F3N2/c14-10-5-11(15)13(18-12(10)16)17-6-9(7-1-2-7)8-3-4-8/h5,7-9H,1-4,6H2,(H,17,18). The summed E-state index contributed by atoms with van der Waals surface area (Å²) in [6.07, 6.45) is 4.93. The average molecular weight is 256 g/mol. The van der Waals surface area contributed by atoms with Crippen LogP contribution in [0.3, 0.4) is 0 Å². The third kappa shape index (κ3) is 2.44. The normalized spacial score (nSPS) is 19.3. The third-order valence-corrected chi connectivity index (χ3v) is 3.85. The quantitative estimate of drug-likeness (QED) is 0.817. The second-order valence-electron chi connectivity index (χ2n) is 5.31. The Balaban J connectivity index is 1.66. The van der Waals surface area contributed by atoms with E-state index in [1.807, 2.05) is 0 Å². The zero-order chi connectivity index (χ0) is 12.7. The Morgan fingerprint density at radius 3 is 2.28 bits per heavy atom. The third-order valence-electron chi connectivity index (χ3n) is 3.85. The molecule has 0 aliphatic heterocycles. The molecule has 0 spiro atoms. The van der Waals surface area contributed by atoms with Crippen molar-refractivity contribution in [2.24, 2.45) is 17.8 Å². The van der Waals surface area contributed by atoms with Gasteiger partial charge in [0.05, 0.1) is 0 Å². The zero-order valence-electron chi connectivity index (χ0n) is 9.93. The lowest BCUT2D eigenvalue weighted by atomic mass is 9.98. The highest BCUT2D eigenvalue weighted by Gasteiger charge is 2.41. The van der Waals surface area contributed by atoms with E-state index in [4.69, 9.17) is 0 Å². The van der Waals surface area contributed by atoms with E-state index >= 15 is 0 Å². The number of hydrogen-bond acceptors (Lipinski definition) is 2. The molecule has 0 saturated heterocycles. The molecule has 2 nitrogen and oxygen atoms in total. The smallest absolute Gasteiger partial charge is 0.251 e. The molecule has 1 heterocycles. The highest BCUT2D eigenvalue weighted by atomic mass is 19.2. The topological polar surface area (TPSA) is 24.9 Å². The van der Waals surface area contributed by atoms with Crippen molar-refractivity contribution < 1.29 is 13.2 Å². The first kappa shape index (κ1) is 11.8. The molecule has 2 aliphatic rings. The van der Waals surface area contributed by atoms with Crippen LogP contribution in [0.2, 0.25) is 0 Å². The molecular formula is C13H15F3N2. The lowest BCUT2D eigenvalue weighted by Crippen LogP contribution is -2.19. The minimum atomic E-state index is -1.26. The average Bonchev–Trinajstić information content (AvgIpc) is 3.17. The number of nitrogens with zero attached hydrogens (tertiary/aromatic N) is 1. The monoisotopic (exact) mass is 256 g/mol. The van der Waals surface area contributed by atoms with Crippen LogP contribution in [0.5, 0.6) is 0 Å². The fraction of sp³-hybridized carbons (Fsp3) is 0.615. The fourth-order valence-corrected chi connectivity index (χ4v) is 2.55. The Hall–Kier alpha value is -1.26. The van der Waals surface area contributed by atoms with E-state index in [-0.39, 0.29) is 5.82 Å². The van der Waals surface area contributed by atoms with Crippen molar-refractivity contribution in [1.29, 1.82) is 0 Å². The summed E-state index contributed by atoms with van der Waals surface area (Å²) in [7, 11) is 0. The van der Waals surface area contributed by atoms with Crippen LogP contribution in [0.25, 0.3) is 0 Å². The second-order valence-corrected chi connectivity index (χ2v) is 5.31. The molecule has 0 bridgehead atoms. The van der Waals surface area contributed by atoms with E-state index in [9.17, 15) is 13.2 Å². The van der Waals surface area contributed by atoms with E-state index in [1.54, 1.807) is 0 Å². The van der Waals surface area contributed by atoms with Crippen LogP contribution in [0, 0.1) is 35.3 Å². The summed E-state index contributed by atoms with van der Waals surface area (Å²) in [6.45, 7) is 0.602. The summed E-state index contributed by atoms with van der Waals surface area (Å²) in [4.78, 5) is 3.28. The van der Waals surface area contributed by atoms with E-state index in [2.05, 4.69) is 10.3 Å². The van der Waals surface area contributed by atoms with Gasteiger partial charge in [0.25, 0.3) is 5.95 Å².